The zero-order valence-electron chi connectivity index (χ0n) is 39.7. The normalized spacial score (nSPS) is 18.9. The van der Waals surface area contributed by atoms with Crippen molar-refractivity contribution in [3.8, 4) is 56.5 Å². The number of amides is 5. The van der Waals surface area contributed by atoms with Crippen LogP contribution < -0.4 is 15.4 Å². The number of fused-ring (bicyclic) bond motifs is 2. The van der Waals surface area contributed by atoms with Crippen molar-refractivity contribution < 1.29 is 28.7 Å². The number of carbonyl (C=O) groups is 5. The molecule has 2 N–H and O–H groups in total. The summed E-state index contributed by atoms with van der Waals surface area (Å²) in [7, 11) is 3.91. The number of aryl methyl sites for hydroxylation is 2. The number of imide groups is 2. The van der Waals surface area contributed by atoms with Crippen LogP contribution in [0, 0.1) is 6.92 Å². The van der Waals surface area contributed by atoms with Gasteiger partial charge < -0.3 is 18.8 Å². The monoisotopic (exact) mass is 960 g/mol. The van der Waals surface area contributed by atoms with E-state index in [0.29, 0.717) is 37.2 Å². The summed E-state index contributed by atoms with van der Waals surface area (Å²) >= 11 is 0. The summed E-state index contributed by atoms with van der Waals surface area (Å²) < 4.78 is 14.5. The Morgan fingerprint density at radius 2 is 1.33 bits per heavy atom. The van der Waals surface area contributed by atoms with Gasteiger partial charge in [0.25, 0.3) is 5.91 Å². The number of aromatic nitrogens is 8. The lowest BCUT2D eigenvalue weighted by atomic mass is 10.0. The number of ether oxygens (including phenoxy) is 1. The number of hydrogen-bond donors (Lipinski definition) is 2. The third-order valence-corrected chi connectivity index (χ3v) is 14.3. The summed E-state index contributed by atoms with van der Waals surface area (Å²) in [6, 6.07) is 28.4. The molecule has 4 aromatic heterocycles. The Balaban J connectivity index is 0.772. The minimum absolute atomic E-state index is 0.193. The number of nitrogens with one attached hydrogen (secondary N) is 2. The van der Waals surface area contributed by atoms with Gasteiger partial charge in [0.05, 0.1) is 71.8 Å². The van der Waals surface area contributed by atoms with Crippen molar-refractivity contribution in [2.75, 3.05) is 0 Å². The van der Waals surface area contributed by atoms with E-state index in [1.807, 2.05) is 129 Å². The van der Waals surface area contributed by atoms with Crippen molar-refractivity contribution >= 4 is 29.5 Å². The van der Waals surface area contributed by atoms with E-state index >= 15 is 0 Å². The number of piperidine rings is 2. The molecule has 8 heterocycles. The van der Waals surface area contributed by atoms with E-state index in [-0.39, 0.29) is 43.0 Å². The molecule has 4 aliphatic rings. The van der Waals surface area contributed by atoms with Crippen molar-refractivity contribution in [1.82, 2.24) is 59.1 Å². The third-order valence-electron chi connectivity index (χ3n) is 14.3. The summed E-state index contributed by atoms with van der Waals surface area (Å²) in [5.74, 6) is -0.982. The van der Waals surface area contributed by atoms with Crippen LogP contribution in [0.1, 0.15) is 70.2 Å². The molecule has 18 nitrogen and oxygen atoms in total. The van der Waals surface area contributed by atoms with Crippen molar-refractivity contribution in [3.63, 3.8) is 0 Å². The lowest BCUT2D eigenvalue weighted by molar-refractivity contribution is -0.141. The number of benzene rings is 4. The molecule has 8 aromatic rings. The molecule has 0 saturated carbocycles. The molecule has 2 saturated heterocycles. The molecule has 72 heavy (non-hydrogen) atoms. The van der Waals surface area contributed by atoms with Crippen LogP contribution in [0.3, 0.4) is 0 Å². The maximum atomic E-state index is 13.4. The first-order valence-electron chi connectivity index (χ1n) is 23.9. The quantitative estimate of drug-likeness (QED) is 0.144. The minimum Gasteiger partial charge on any atom is -0.471 e. The van der Waals surface area contributed by atoms with E-state index in [1.54, 1.807) is 17.3 Å². The summed E-state index contributed by atoms with van der Waals surface area (Å²) in [4.78, 5) is 76.7. The Labute approximate surface area is 412 Å². The van der Waals surface area contributed by atoms with Gasteiger partial charge in [0, 0.05) is 79.6 Å². The third kappa shape index (κ3) is 7.76. The average Bonchev–Trinajstić information content (AvgIpc) is 4.25. The average molecular weight is 961 g/mol. The highest BCUT2D eigenvalue weighted by molar-refractivity contribution is 6.06. The first kappa shape index (κ1) is 44.4. The molecule has 3 unspecified atom stereocenters. The minimum atomic E-state index is -0.692. The SMILES string of the molecule is Cc1c(-c2c(-c3ccc4c(c3)CN(C3CCC(=O)NC3=O)C4Oc3ccc(Cn4cc(-c5c(-c6ccc7c(c6)CN(C6CCC(=O)NC6=O)C7=O)ncn5C)cn4)cc3)ncn2C)cnn1-c1ccccc1. The largest absolute Gasteiger partial charge is 0.471 e. The van der Waals surface area contributed by atoms with E-state index in [9.17, 15) is 24.0 Å². The summed E-state index contributed by atoms with van der Waals surface area (Å²) in [6.07, 6.45) is 9.73. The summed E-state index contributed by atoms with van der Waals surface area (Å²) in [5, 5.41) is 14.4. The first-order valence-corrected chi connectivity index (χ1v) is 23.9. The van der Waals surface area contributed by atoms with Gasteiger partial charge in [0.15, 0.2) is 6.23 Å². The maximum Gasteiger partial charge on any atom is 0.255 e. The van der Waals surface area contributed by atoms with Crippen molar-refractivity contribution in [3.05, 3.63) is 156 Å². The molecule has 3 atom stereocenters. The van der Waals surface area contributed by atoms with Gasteiger partial charge in [-0.25, -0.2) is 19.5 Å². The molecule has 0 aliphatic carbocycles. The van der Waals surface area contributed by atoms with Gasteiger partial charge >= 0.3 is 0 Å². The number of imidazole rings is 2. The molecule has 18 heteroatoms. The van der Waals surface area contributed by atoms with Crippen LogP contribution in [0.25, 0.3) is 50.7 Å². The van der Waals surface area contributed by atoms with E-state index < -0.39 is 24.2 Å². The van der Waals surface area contributed by atoms with Crippen LogP contribution >= 0.6 is 0 Å². The standard InChI is InChI=1S/C54H48N12O6/c1-31-42(24-58-66(31)38-7-5-4-6-8-38)50-48(56-30-62(50)3)34-12-16-41-36(22-34)28-65(44-18-20-46(68)60-52(44)70)54(41)72-39-13-9-32(10-14-39)25-63-26-37(23-57-63)49-47(55-29-61(49)2)33-11-15-40-35(21-33)27-64(53(40)71)43-17-19-45(67)59-51(43)69/h4-16,21-24,26,29-30,43-44,54H,17-20,25,27-28H2,1-3H3,(H,59,67,69)(H,60,68,70). The van der Waals surface area contributed by atoms with Crippen LogP contribution in [0.4, 0.5) is 0 Å². The van der Waals surface area contributed by atoms with Gasteiger partial charge in [-0.2, -0.15) is 10.2 Å². The second-order valence-corrected chi connectivity index (χ2v) is 18.9. The lowest BCUT2D eigenvalue weighted by Gasteiger charge is -2.34. The molecule has 0 bridgehead atoms. The predicted molar refractivity (Wildman–Crippen MR) is 262 cm³/mol. The Hall–Kier alpha value is -8.77. The Kier molecular flexibility index (Phi) is 10.8. The van der Waals surface area contributed by atoms with E-state index in [1.165, 1.54) is 0 Å². The number of hydrogen-bond acceptors (Lipinski definition) is 11. The highest BCUT2D eigenvalue weighted by atomic mass is 16.5. The number of para-hydroxylation sites is 1. The van der Waals surface area contributed by atoms with Crippen molar-refractivity contribution in [2.24, 2.45) is 14.1 Å². The smallest absolute Gasteiger partial charge is 0.255 e. The van der Waals surface area contributed by atoms with Crippen molar-refractivity contribution in [1.29, 1.82) is 0 Å². The van der Waals surface area contributed by atoms with Gasteiger partial charge in [-0.1, -0.05) is 48.5 Å². The predicted octanol–water partition coefficient (Wildman–Crippen LogP) is 6.02. The first-order chi connectivity index (χ1) is 34.9. The fourth-order valence-electron chi connectivity index (χ4n) is 10.7. The van der Waals surface area contributed by atoms with Gasteiger partial charge in [-0.15, -0.1) is 0 Å². The van der Waals surface area contributed by atoms with Crippen LogP contribution in [0.15, 0.2) is 122 Å². The van der Waals surface area contributed by atoms with Gasteiger partial charge in [-0.05, 0) is 78.9 Å². The van der Waals surface area contributed by atoms with Crippen molar-refractivity contribution in [2.45, 2.75) is 70.6 Å². The maximum absolute atomic E-state index is 13.4. The summed E-state index contributed by atoms with van der Waals surface area (Å²) in [5.41, 5.74) is 13.1. The fourth-order valence-corrected chi connectivity index (χ4v) is 10.7. The number of nitrogens with zero attached hydrogens (tertiary/aromatic N) is 10. The molecular formula is C54H48N12O6. The zero-order chi connectivity index (χ0) is 49.4. The van der Waals surface area contributed by atoms with Gasteiger partial charge in [0.2, 0.25) is 23.6 Å². The summed E-state index contributed by atoms with van der Waals surface area (Å²) in [6.45, 7) is 3.23. The van der Waals surface area contributed by atoms with E-state index in [4.69, 9.17) is 24.9 Å². The molecular weight excluding hydrogens is 913 g/mol. The van der Waals surface area contributed by atoms with E-state index in [2.05, 4.69) is 35.8 Å². The highest BCUT2D eigenvalue weighted by Gasteiger charge is 2.43. The van der Waals surface area contributed by atoms with Crippen LogP contribution in [-0.2, 0) is 52.9 Å². The van der Waals surface area contributed by atoms with Crippen LogP contribution in [-0.4, -0.2) is 90.1 Å². The molecule has 0 spiro atoms. The molecule has 5 amide bonds. The Morgan fingerprint density at radius 1 is 0.667 bits per heavy atom. The number of carbonyl (C=O) groups excluding carboxylic acids is 5. The molecule has 2 fully saturated rings. The van der Waals surface area contributed by atoms with Gasteiger partial charge in [0.1, 0.15) is 11.8 Å². The Bertz CT molecular complexity index is 3510. The topological polar surface area (TPSA) is 196 Å². The van der Waals surface area contributed by atoms with Crippen LogP contribution in [0.5, 0.6) is 5.75 Å². The molecule has 360 valence electrons. The second-order valence-electron chi connectivity index (χ2n) is 18.9. The van der Waals surface area contributed by atoms with E-state index in [0.717, 1.165) is 78.7 Å². The van der Waals surface area contributed by atoms with Crippen LogP contribution in [0.2, 0.25) is 0 Å². The second kappa shape index (κ2) is 17.6. The lowest BCUT2D eigenvalue weighted by Crippen LogP contribution is -2.52. The fraction of sp³-hybridized carbons (Fsp3) is 0.241. The molecule has 12 rings (SSSR count). The molecule has 0 radical (unpaired) electrons. The zero-order valence-corrected chi connectivity index (χ0v) is 39.7. The highest BCUT2D eigenvalue weighted by Crippen LogP contribution is 2.42. The molecule has 4 aromatic carbocycles. The van der Waals surface area contributed by atoms with Gasteiger partial charge in [-0.3, -0.25) is 39.3 Å². The molecule has 4 aliphatic heterocycles. The Morgan fingerprint density at radius 3 is 2.06 bits per heavy atom. The number of rotatable bonds is 11.